The summed E-state index contributed by atoms with van der Waals surface area (Å²) in [6.07, 6.45) is 3.40. The molecule has 7 nitrogen and oxygen atoms in total. The van der Waals surface area contributed by atoms with E-state index in [2.05, 4.69) is 23.6 Å². The number of aryl methyl sites for hydroxylation is 1. The van der Waals surface area contributed by atoms with Crippen molar-refractivity contribution >= 4 is 39.3 Å². The SMILES string of the molecule is CCCCCNc1ccc2cc(-c3cc(OC)cc(OC)c3)c(NC(=O)c3cccc4cc(C)ccc34)nc2n1. The van der Waals surface area contributed by atoms with Crippen LogP contribution < -0.4 is 20.1 Å². The number of anilines is 2. The molecule has 0 unspecified atom stereocenters. The number of benzene rings is 3. The fraction of sp³-hybridized carbons (Fsp3) is 0.242. The second-order valence-corrected chi connectivity index (χ2v) is 9.85. The van der Waals surface area contributed by atoms with Crippen molar-refractivity contribution in [3.8, 4) is 22.6 Å². The van der Waals surface area contributed by atoms with Gasteiger partial charge in [-0.25, -0.2) is 9.97 Å². The first-order valence-corrected chi connectivity index (χ1v) is 13.6. The van der Waals surface area contributed by atoms with Crippen LogP contribution in [0.2, 0.25) is 0 Å². The Hall–Kier alpha value is -4.65. The van der Waals surface area contributed by atoms with Crippen LogP contribution in [0.5, 0.6) is 11.5 Å². The van der Waals surface area contributed by atoms with Gasteiger partial charge in [-0.3, -0.25) is 4.79 Å². The molecule has 0 spiro atoms. The van der Waals surface area contributed by atoms with E-state index in [1.807, 2.05) is 73.7 Å². The van der Waals surface area contributed by atoms with Crippen LogP contribution in [-0.2, 0) is 0 Å². The standard InChI is InChI=1S/C33H34N4O3/c1-5-6-7-15-34-30-14-12-23-19-29(24-17-25(39-3)20-26(18-24)40-4)32(36-31(23)35-30)37-33(38)28-10-8-9-22-16-21(2)11-13-27(22)28/h8-14,16-20H,5-7,15H2,1-4H3,(H2,34,35,36,37,38). The average Bonchev–Trinajstić information content (AvgIpc) is 2.98. The average molecular weight is 535 g/mol. The highest BCUT2D eigenvalue weighted by Crippen LogP contribution is 2.35. The van der Waals surface area contributed by atoms with Crippen LogP contribution in [0, 0.1) is 6.92 Å². The Morgan fingerprint density at radius 3 is 2.40 bits per heavy atom. The second-order valence-electron chi connectivity index (χ2n) is 9.85. The van der Waals surface area contributed by atoms with E-state index in [-0.39, 0.29) is 5.91 Å². The van der Waals surface area contributed by atoms with Crippen LogP contribution in [0.1, 0.15) is 42.1 Å². The number of carbonyl (C=O) groups is 1. The number of amides is 1. The van der Waals surface area contributed by atoms with Gasteiger partial charge in [0, 0.05) is 29.1 Å². The van der Waals surface area contributed by atoms with Gasteiger partial charge in [-0.05, 0) is 66.1 Å². The van der Waals surface area contributed by atoms with E-state index in [1.165, 1.54) is 0 Å². The molecule has 0 aliphatic heterocycles. The number of unbranched alkanes of at least 4 members (excludes halogenated alkanes) is 2. The zero-order valence-electron chi connectivity index (χ0n) is 23.4. The Morgan fingerprint density at radius 1 is 0.850 bits per heavy atom. The Balaban J connectivity index is 1.59. The quantitative estimate of drug-likeness (QED) is 0.179. The molecule has 204 valence electrons. The van der Waals surface area contributed by atoms with Gasteiger partial charge in [-0.2, -0.15) is 0 Å². The molecule has 0 fully saturated rings. The minimum atomic E-state index is -0.244. The van der Waals surface area contributed by atoms with E-state index in [4.69, 9.17) is 19.4 Å². The van der Waals surface area contributed by atoms with Gasteiger partial charge in [0.1, 0.15) is 23.1 Å². The number of carbonyl (C=O) groups excluding carboxylic acids is 1. The van der Waals surface area contributed by atoms with Crippen molar-refractivity contribution in [2.24, 2.45) is 0 Å². The summed E-state index contributed by atoms with van der Waals surface area (Å²) in [5.74, 6) is 2.20. The highest BCUT2D eigenvalue weighted by atomic mass is 16.5. The Bertz CT molecular complexity index is 1660. The van der Waals surface area contributed by atoms with E-state index in [9.17, 15) is 4.79 Å². The fourth-order valence-corrected chi connectivity index (χ4v) is 4.80. The third-order valence-corrected chi connectivity index (χ3v) is 6.94. The number of ether oxygens (including phenoxy) is 2. The molecule has 5 aromatic rings. The van der Waals surface area contributed by atoms with Crippen LogP contribution in [-0.4, -0.2) is 36.6 Å². The van der Waals surface area contributed by atoms with E-state index >= 15 is 0 Å². The zero-order valence-corrected chi connectivity index (χ0v) is 23.4. The number of pyridine rings is 2. The fourth-order valence-electron chi connectivity index (χ4n) is 4.80. The lowest BCUT2D eigenvalue weighted by Crippen LogP contribution is -2.15. The highest BCUT2D eigenvalue weighted by Gasteiger charge is 2.17. The summed E-state index contributed by atoms with van der Waals surface area (Å²) in [6, 6.07) is 23.4. The number of rotatable bonds is 10. The van der Waals surface area contributed by atoms with E-state index in [1.54, 1.807) is 14.2 Å². The predicted octanol–water partition coefficient (Wildman–Crippen LogP) is 7.63. The third-order valence-electron chi connectivity index (χ3n) is 6.94. The molecule has 0 atom stereocenters. The van der Waals surface area contributed by atoms with Crippen molar-refractivity contribution in [2.45, 2.75) is 33.1 Å². The van der Waals surface area contributed by atoms with Crippen molar-refractivity contribution in [3.63, 3.8) is 0 Å². The lowest BCUT2D eigenvalue weighted by atomic mass is 10.0. The van der Waals surface area contributed by atoms with Crippen molar-refractivity contribution in [1.82, 2.24) is 9.97 Å². The minimum Gasteiger partial charge on any atom is -0.497 e. The lowest BCUT2D eigenvalue weighted by Gasteiger charge is -2.15. The molecule has 2 aromatic heterocycles. The summed E-state index contributed by atoms with van der Waals surface area (Å²) >= 11 is 0. The summed E-state index contributed by atoms with van der Waals surface area (Å²) in [5, 5.41) is 9.22. The first kappa shape index (κ1) is 26.9. The Morgan fingerprint density at radius 2 is 1.65 bits per heavy atom. The van der Waals surface area contributed by atoms with Crippen LogP contribution >= 0.6 is 0 Å². The van der Waals surface area contributed by atoms with Gasteiger partial charge in [0.15, 0.2) is 5.65 Å². The molecule has 0 aliphatic rings. The van der Waals surface area contributed by atoms with Gasteiger partial charge in [0.05, 0.1) is 14.2 Å². The van der Waals surface area contributed by atoms with Crippen LogP contribution in [0.3, 0.4) is 0 Å². The van der Waals surface area contributed by atoms with Gasteiger partial charge < -0.3 is 20.1 Å². The number of nitrogens with one attached hydrogen (secondary N) is 2. The maximum atomic E-state index is 13.7. The third kappa shape index (κ3) is 5.83. The van der Waals surface area contributed by atoms with Gasteiger partial charge in [0.2, 0.25) is 0 Å². The van der Waals surface area contributed by atoms with Gasteiger partial charge in [-0.15, -0.1) is 0 Å². The normalized spacial score (nSPS) is 11.0. The molecule has 5 rings (SSSR count). The number of nitrogens with zero attached hydrogens (tertiary/aromatic N) is 2. The summed E-state index contributed by atoms with van der Waals surface area (Å²) < 4.78 is 11.0. The number of hydrogen-bond donors (Lipinski definition) is 2. The number of methoxy groups -OCH3 is 2. The second kappa shape index (κ2) is 12.0. The molecule has 0 radical (unpaired) electrons. The molecule has 0 aliphatic carbocycles. The van der Waals surface area contributed by atoms with Gasteiger partial charge >= 0.3 is 0 Å². The van der Waals surface area contributed by atoms with Crippen molar-refractivity contribution in [1.29, 1.82) is 0 Å². The first-order valence-electron chi connectivity index (χ1n) is 13.6. The molecule has 3 aromatic carbocycles. The van der Waals surface area contributed by atoms with Crippen molar-refractivity contribution in [3.05, 3.63) is 83.9 Å². The van der Waals surface area contributed by atoms with E-state index in [0.29, 0.717) is 28.5 Å². The molecular weight excluding hydrogens is 500 g/mol. The molecule has 40 heavy (non-hydrogen) atoms. The Labute approximate surface area is 234 Å². The summed E-state index contributed by atoms with van der Waals surface area (Å²) in [7, 11) is 3.22. The van der Waals surface area contributed by atoms with Crippen molar-refractivity contribution < 1.29 is 14.3 Å². The summed E-state index contributed by atoms with van der Waals surface area (Å²) in [6.45, 7) is 5.07. The predicted molar refractivity (Wildman–Crippen MR) is 163 cm³/mol. The first-order chi connectivity index (χ1) is 19.5. The molecular formula is C33H34N4O3. The largest absolute Gasteiger partial charge is 0.497 e. The molecule has 2 heterocycles. The number of fused-ring (bicyclic) bond motifs is 2. The van der Waals surface area contributed by atoms with E-state index < -0.39 is 0 Å². The Kier molecular flexibility index (Phi) is 8.10. The number of aromatic nitrogens is 2. The van der Waals surface area contributed by atoms with Crippen LogP contribution in [0.15, 0.2) is 72.8 Å². The molecule has 7 heteroatoms. The van der Waals surface area contributed by atoms with E-state index in [0.717, 1.165) is 64.5 Å². The molecule has 0 saturated carbocycles. The lowest BCUT2D eigenvalue weighted by molar-refractivity contribution is 0.102. The maximum absolute atomic E-state index is 13.7. The van der Waals surface area contributed by atoms with Gasteiger partial charge in [-0.1, -0.05) is 55.7 Å². The maximum Gasteiger partial charge on any atom is 0.257 e. The summed E-state index contributed by atoms with van der Waals surface area (Å²) in [5.41, 5.74) is 3.80. The molecule has 1 amide bonds. The molecule has 0 bridgehead atoms. The summed E-state index contributed by atoms with van der Waals surface area (Å²) in [4.78, 5) is 23.3. The molecule has 2 N–H and O–H groups in total. The van der Waals surface area contributed by atoms with Crippen LogP contribution in [0.4, 0.5) is 11.6 Å². The monoisotopic (exact) mass is 534 g/mol. The smallest absolute Gasteiger partial charge is 0.257 e. The topological polar surface area (TPSA) is 85.4 Å². The van der Waals surface area contributed by atoms with Crippen molar-refractivity contribution in [2.75, 3.05) is 31.4 Å². The minimum absolute atomic E-state index is 0.244. The zero-order chi connectivity index (χ0) is 28.1. The molecule has 0 saturated heterocycles. The van der Waals surface area contributed by atoms with Gasteiger partial charge in [0.25, 0.3) is 5.91 Å². The number of hydrogen-bond acceptors (Lipinski definition) is 6. The highest BCUT2D eigenvalue weighted by molar-refractivity contribution is 6.14. The van der Waals surface area contributed by atoms with Crippen LogP contribution in [0.25, 0.3) is 32.9 Å².